The van der Waals surface area contributed by atoms with E-state index in [2.05, 4.69) is 0 Å². The van der Waals surface area contributed by atoms with E-state index in [1.165, 1.54) is 0 Å². The number of carbonyl (C=O) groups is 2. The number of carboxylic acid groups (broad SMARTS) is 2. The number of carbonyl (C=O) groups excluding carboxylic acids is 2. The molecule has 0 bridgehead atoms. The first-order valence-electron chi connectivity index (χ1n) is 9.08. The Labute approximate surface area is 325 Å². The van der Waals surface area contributed by atoms with E-state index in [0.29, 0.717) is 0 Å². The Morgan fingerprint density at radius 1 is 0.489 bits per heavy atom. The molecule has 1 N–H and O–H groups in total. The third-order valence-electron chi connectivity index (χ3n) is 4.84. The first-order chi connectivity index (χ1) is 19.0. The van der Waals surface area contributed by atoms with Crippen molar-refractivity contribution in [3.63, 3.8) is 0 Å². The van der Waals surface area contributed by atoms with E-state index in [1.54, 1.807) is 0 Å². The normalized spacial score (nSPS) is 16.6. The Balaban J connectivity index is -0.00000968. The minimum atomic E-state index is -9.45. The molecule has 0 unspecified atom stereocenters. The summed E-state index contributed by atoms with van der Waals surface area (Å²) >= 11 is 0. The van der Waals surface area contributed by atoms with Crippen LogP contribution in [0.25, 0.3) is 0 Å². The molecule has 0 aromatic heterocycles. The van der Waals surface area contributed by atoms with Crippen molar-refractivity contribution in [2.75, 3.05) is 0 Å². The molecule has 0 heterocycles. The van der Waals surface area contributed by atoms with Gasteiger partial charge in [0.1, 0.15) is 11.9 Å². The van der Waals surface area contributed by atoms with Crippen LogP contribution in [-0.4, -0.2) is 90.2 Å². The molecule has 0 rings (SSSR count). The monoisotopic (exact) mass is 828 g/mol. The van der Waals surface area contributed by atoms with Crippen molar-refractivity contribution in [3.8, 4) is 0 Å². The second-order valence-electron chi connectivity index (χ2n) is 7.68. The SMILES string of the molecule is O=C([O-])C(F)(F)C(F)(F)[C@@](F)(C(=O)[O-])N(F)NS(=O)(=O)C(F)(F)C(F)(F)C(F)(F)C(F)(F)C(F)(F)C(F)(F)C(F)(F)C(F)(F)F.[K+].[K+]. The van der Waals surface area contributed by atoms with Crippen molar-refractivity contribution >= 4 is 22.0 Å². The van der Waals surface area contributed by atoms with Gasteiger partial charge in [0, 0.05) is 0 Å². The summed E-state index contributed by atoms with van der Waals surface area (Å²) in [7, 11) is -9.16. The predicted molar refractivity (Wildman–Crippen MR) is 79.4 cm³/mol. The topological polar surface area (TPSA) is 130 Å². The third kappa shape index (κ3) is 7.14. The summed E-state index contributed by atoms with van der Waals surface area (Å²) in [6.07, 6.45) is -8.18. The molecule has 1 atom stereocenters. The summed E-state index contributed by atoms with van der Waals surface area (Å²) < 4.78 is 327. The van der Waals surface area contributed by atoms with Crippen LogP contribution >= 0.6 is 0 Å². The molecule has 0 aliphatic carbocycles. The maximum absolute atomic E-state index is 14.1. The van der Waals surface area contributed by atoms with Crippen molar-refractivity contribution in [3.05, 3.63) is 0 Å². The van der Waals surface area contributed by atoms with E-state index in [0.717, 1.165) is 0 Å². The molecule has 0 aromatic carbocycles. The maximum Gasteiger partial charge on any atom is 1.00 e. The van der Waals surface area contributed by atoms with Crippen LogP contribution in [-0.2, 0) is 19.6 Å². The van der Waals surface area contributed by atoms with Crippen molar-refractivity contribution in [1.82, 2.24) is 10.1 Å². The number of aliphatic carboxylic acids is 2. The van der Waals surface area contributed by atoms with Gasteiger partial charge in [-0.05, 0) is 5.23 Å². The van der Waals surface area contributed by atoms with Gasteiger partial charge >= 0.3 is 167 Å². The van der Waals surface area contributed by atoms with Crippen LogP contribution in [0, 0.1) is 0 Å². The molecule has 0 aromatic rings. The molecule has 0 aliphatic rings. The fourth-order valence-electron chi connectivity index (χ4n) is 2.21. The number of nitrogens with zero attached hydrogens (tertiary/aromatic N) is 1. The van der Waals surface area contributed by atoms with E-state index >= 15 is 0 Å². The Kier molecular flexibility index (Phi) is 15.6. The fraction of sp³-hybridized carbons (Fsp3) is 0.846. The smallest absolute Gasteiger partial charge is 0.545 e. The van der Waals surface area contributed by atoms with Gasteiger partial charge in [-0.1, -0.05) is 0 Å². The molecule has 0 aliphatic heterocycles. The molecular formula is C13HF23K2N2O6S. The Hall–Kier alpha value is 0.473. The van der Waals surface area contributed by atoms with Gasteiger partial charge in [-0.15, -0.1) is 9.31 Å². The zero-order valence-corrected chi connectivity index (χ0v) is 28.1. The number of sulfonamides is 1. The number of rotatable bonds is 14. The number of nitrogens with one attached hydrogen (secondary N) is 1. The quantitative estimate of drug-likeness (QED) is 0.0631. The molecule has 47 heavy (non-hydrogen) atoms. The standard InChI is InChI=1S/C13H3F23N2O6S.2K/c14-3(15,1(39)40)5(17,18)4(16,2(41)42)38(36)37-45(43,44)13(34,35)11(29,30)9(25,26)7(21,22)6(19,20)8(23,24)10(27,28)12(31,32)33;;/h37H,(H,39,40)(H,41,42);;/q;2*+1/p-2/t4-;;/m1../s1. The van der Waals surface area contributed by atoms with E-state index in [4.69, 9.17) is 0 Å². The Bertz CT molecular complexity index is 1290. The second kappa shape index (κ2) is 14.1. The molecule has 0 fully saturated rings. The van der Waals surface area contributed by atoms with Crippen LogP contribution in [0.5, 0.6) is 0 Å². The average Bonchev–Trinajstić information content (AvgIpc) is 2.80. The average molecular weight is 828 g/mol. The molecule has 0 saturated carbocycles. The molecule has 268 valence electrons. The van der Waals surface area contributed by atoms with Gasteiger partial charge in [0.05, 0.1) is 0 Å². The van der Waals surface area contributed by atoms with Crippen LogP contribution in [0.3, 0.4) is 0 Å². The molecule has 8 nitrogen and oxygen atoms in total. The summed E-state index contributed by atoms with van der Waals surface area (Å²) in [5.41, 5.74) is 0. The van der Waals surface area contributed by atoms with Crippen LogP contribution in [0.15, 0.2) is 0 Å². The number of carboxylic acids is 2. The van der Waals surface area contributed by atoms with Crippen LogP contribution < -0.4 is 118 Å². The summed E-state index contributed by atoms with van der Waals surface area (Å²) in [5, 5.41) is 7.50. The van der Waals surface area contributed by atoms with Crippen molar-refractivity contribution in [1.29, 1.82) is 0 Å². The Morgan fingerprint density at radius 3 is 1.02 bits per heavy atom. The zero-order valence-electron chi connectivity index (χ0n) is 21.0. The van der Waals surface area contributed by atoms with Crippen LogP contribution in [0.2, 0.25) is 0 Å². The second-order valence-corrected chi connectivity index (χ2v) is 9.38. The summed E-state index contributed by atoms with van der Waals surface area (Å²) in [5.74, 6) is -87.9. The first-order valence-corrected chi connectivity index (χ1v) is 10.6. The molecule has 0 saturated heterocycles. The minimum Gasteiger partial charge on any atom is -0.545 e. The largest absolute Gasteiger partial charge is 1.00 e. The van der Waals surface area contributed by atoms with Gasteiger partial charge in [0.2, 0.25) is 0 Å². The number of alkyl halides is 22. The third-order valence-corrected chi connectivity index (χ3v) is 6.17. The Morgan fingerprint density at radius 2 is 0.766 bits per heavy atom. The van der Waals surface area contributed by atoms with Gasteiger partial charge < -0.3 is 19.8 Å². The zero-order chi connectivity index (χ0) is 37.4. The first kappa shape index (κ1) is 51.8. The van der Waals surface area contributed by atoms with E-state index < -0.39 is 96.6 Å². The van der Waals surface area contributed by atoms with E-state index in [9.17, 15) is 129 Å². The van der Waals surface area contributed by atoms with Gasteiger partial charge in [-0.25, -0.2) is 12.8 Å². The van der Waals surface area contributed by atoms with Gasteiger partial charge in [0.25, 0.3) is 10.0 Å². The number of halogens is 23. The number of hydrogen-bond acceptors (Lipinski definition) is 7. The van der Waals surface area contributed by atoms with E-state index in [-0.39, 0.29) is 103 Å². The van der Waals surface area contributed by atoms with E-state index in [1.807, 2.05) is 0 Å². The molecule has 0 spiro atoms. The van der Waals surface area contributed by atoms with Crippen LogP contribution in [0.1, 0.15) is 0 Å². The van der Waals surface area contributed by atoms with Crippen molar-refractivity contribution in [2.24, 2.45) is 0 Å². The van der Waals surface area contributed by atoms with Gasteiger partial charge in [-0.3, -0.25) is 0 Å². The number of hydrogen-bond donors (Lipinski definition) is 1. The fourth-order valence-corrected chi connectivity index (χ4v) is 3.13. The predicted octanol–water partition coefficient (Wildman–Crippen LogP) is -3.58. The summed E-state index contributed by atoms with van der Waals surface area (Å²) in [6.45, 7) is 0. The van der Waals surface area contributed by atoms with Crippen LogP contribution in [0.4, 0.5) is 101 Å². The van der Waals surface area contributed by atoms with Gasteiger partial charge in [0.15, 0.2) is 0 Å². The maximum atomic E-state index is 14.1. The molecule has 0 radical (unpaired) electrons. The summed E-state index contributed by atoms with van der Waals surface area (Å²) in [4.78, 5) is 18.8. The number of hydrazine groups is 1. The minimum absolute atomic E-state index is 0. The van der Waals surface area contributed by atoms with Crippen molar-refractivity contribution in [2.45, 2.75) is 64.6 Å². The molecule has 0 amide bonds. The van der Waals surface area contributed by atoms with Gasteiger partial charge in [-0.2, -0.15) is 92.2 Å². The molecular weight excluding hydrogens is 827 g/mol. The summed E-state index contributed by atoms with van der Waals surface area (Å²) in [6, 6.07) is 0. The molecule has 34 heteroatoms. The van der Waals surface area contributed by atoms with Crippen molar-refractivity contribution < 1.29 is 232 Å².